The molecule has 0 radical (unpaired) electrons. The Kier molecular flexibility index (Phi) is 3.42. The van der Waals surface area contributed by atoms with Crippen LogP contribution in [0, 0.1) is 11.6 Å². The Morgan fingerprint density at radius 1 is 1.27 bits per heavy atom. The molecule has 0 aliphatic rings. The predicted octanol–water partition coefficient (Wildman–Crippen LogP) is 1.96. The van der Waals surface area contributed by atoms with Gasteiger partial charge in [-0.2, -0.15) is 0 Å². The van der Waals surface area contributed by atoms with Crippen molar-refractivity contribution in [2.45, 2.75) is 25.4 Å². The number of benzene rings is 1. The van der Waals surface area contributed by atoms with Crippen LogP contribution in [-0.4, -0.2) is 12.6 Å². The SMILES string of the molecule is CNC(c1ccc(F)c(F)c1)C(C)(C)N. The molecular formula is C11H16F2N2. The van der Waals surface area contributed by atoms with Gasteiger partial charge in [-0.25, -0.2) is 8.78 Å². The molecule has 0 bridgehead atoms. The van der Waals surface area contributed by atoms with Gasteiger partial charge in [0.15, 0.2) is 11.6 Å². The highest BCUT2D eigenvalue weighted by atomic mass is 19.2. The van der Waals surface area contributed by atoms with Gasteiger partial charge in [0, 0.05) is 11.6 Å². The predicted molar refractivity (Wildman–Crippen MR) is 56.4 cm³/mol. The third-order valence-electron chi connectivity index (χ3n) is 2.31. The van der Waals surface area contributed by atoms with E-state index >= 15 is 0 Å². The second-order valence-electron chi connectivity index (χ2n) is 4.22. The van der Waals surface area contributed by atoms with Crippen LogP contribution in [0.15, 0.2) is 18.2 Å². The molecule has 0 saturated heterocycles. The van der Waals surface area contributed by atoms with E-state index in [9.17, 15) is 8.78 Å². The Hall–Kier alpha value is -1.00. The lowest BCUT2D eigenvalue weighted by Crippen LogP contribution is -2.45. The first kappa shape index (κ1) is 12.1. The summed E-state index contributed by atoms with van der Waals surface area (Å²) in [5, 5.41) is 2.99. The number of nitrogens with one attached hydrogen (secondary N) is 1. The first-order chi connectivity index (χ1) is 6.86. The van der Waals surface area contributed by atoms with Gasteiger partial charge in [-0.1, -0.05) is 6.07 Å². The highest BCUT2D eigenvalue weighted by Gasteiger charge is 2.25. The van der Waals surface area contributed by atoms with Gasteiger partial charge in [-0.3, -0.25) is 0 Å². The van der Waals surface area contributed by atoms with Gasteiger partial charge in [0.25, 0.3) is 0 Å². The van der Waals surface area contributed by atoms with E-state index in [-0.39, 0.29) is 6.04 Å². The standard InChI is InChI=1S/C11H16F2N2/c1-11(2,14)10(15-3)7-4-5-8(12)9(13)6-7/h4-6,10,15H,14H2,1-3H3. The molecule has 84 valence electrons. The van der Waals surface area contributed by atoms with Crippen molar-refractivity contribution in [1.82, 2.24) is 5.32 Å². The lowest BCUT2D eigenvalue weighted by molar-refractivity contribution is 0.367. The van der Waals surface area contributed by atoms with Crippen LogP contribution in [0.3, 0.4) is 0 Å². The maximum Gasteiger partial charge on any atom is 0.159 e. The first-order valence-electron chi connectivity index (χ1n) is 4.77. The second-order valence-corrected chi connectivity index (χ2v) is 4.22. The van der Waals surface area contributed by atoms with Crippen LogP contribution in [0.5, 0.6) is 0 Å². The first-order valence-corrected chi connectivity index (χ1v) is 4.77. The zero-order chi connectivity index (χ0) is 11.6. The molecule has 0 saturated carbocycles. The summed E-state index contributed by atoms with van der Waals surface area (Å²) in [5.41, 5.74) is 6.03. The fourth-order valence-corrected chi connectivity index (χ4v) is 1.66. The summed E-state index contributed by atoms with van der Waals surface area (Å²) in [4.78, 5) is 0. The number of nitrogens with two attached hydrogens (primary N) is 1. The summed E-state index contributed by atoms with van der Waals surface area (Å²) in [5.74, 6) is -1.69. The van der Waals surface area contributed by atoms with Crippen LogP contribution < -0.4 is 11.1 Å². The van der Waals surface area contributed by atoms with Gasteiger partial charge in [-0.15, -0.1) is 0 Å². The van der Waals surface area contributed by atoms with Gasteiger partial charge >= 0.3 is 0 Å². The number of hydrogen-bond acceptors (Lipinski definition) is 2. The third-order valence-corrected chi connectivity index (χ3v) is 2.31. The van der Waals surface area contributed by atoms with Gasteiger partial charge in [0.05, 0.1) is 0 Å². The Bertz CT molecular complexity index is 345. The lowest BCUT2D eigenvalue weighted by Gasteiger charge is -2.30. The summed E-state index contributed by atoms with van der Waals surface area (Å²) in [6.07, 6.45) is 0. The van der Waals surface area contributed by atoms with Crippen LogP contribution in [-0.2, 0) is 0 Å². The average molecular weight is 214 g/mol. The van der Waals surface area contributed by atoms with Crippen LogP contribution in [0.25, 0.3) is 0 Å². The van der Waals surface area contributed by atoms with Gasteiger partial charge in [0.2, 0.25) is 0 Å². The summed E-state index contributed by atoms with van der Waals surface area (Å²) in [6.45, 7) is 3.66. The van der Waals surface area contributed by atoms with Crippen molar-refractivity contribution >= 4 is 0 Å². The van der Waals surface area contributed by atoms with Crippen molar-refractivity contribution < 1.29 is 8.78 Å². The number of likely N-dealkylation sites (N-methyl/N-ethyl adjacent to an activating group) is 1. The molecular weight excluding hydrogens is 198 g/mol. The summed E-state index contributed by atoms with van der Waals surface area (Å²) in [7, 11) is 1.74. The highest BCUT2D eigenvalue weighted by molar-refractivity contribution is 5.24. The molecule has 1 unspecified atom stereocenters. The highest BCUT2D eigenvalue weighted by Crippen LogP contribution is 2.24. The molecule has 1 aromatic rings. The van der Waals surface area contributed by atoms with Crippen molar-refractivity contribution in [3.8, 4) is 0 Å². The molecule has 2 nitrogen and oxygen atoms in total. The minimum absolute atomic E-state index is 0.215. The number of hydrogen-bond donors (Lipinski definition) is 2. The largest absolute Gasteiger partial charge is 0.324 e. The summed E-state index contributed by atoms with van der Waals surface area (Å²) < 4.78 is 25.8. The molecule has 1 aromatic carbocycles. The molecule has 0 spiro atoms. The molecule has 0 aliphatic heterocycles. The molecule has 1 atom stereocenters. The fourth-order valence-electron chi connectivity index (χ4n) is 1.66. The van der Waals surface area contributed by atoms with Gasteiger partial charge in [-0.05, 0) is 38.6 Å². The molecule has 0 heterocycles. The van der Waals surface area contributed by atoms with E-state index in [1.54, 1.807) is 7.05 Å². The van der Waals surface area contributed by atoms with E-state index in [1.807, 2.05) is 13.8 Å². The molecule has 0 aromatic heterocycles. The Labute approximate surface area is 88.5 Å². The molecule has 4 heteroatoms. The van der Waals surface area contributed by atoms with Crippen molar-refractivity contribution in [3.05, 3.63) is 35.4 Å². The Morgan fingerprint density at radius 3 is 2.27 bits per heavy atom. The van der Waals surface area contributed by atoms with E-state index in [0.717, 1.165) is 6.07 Å². The van der Waals surface area contributed by atoms with E-state index in [4.69, 9.17) is 5.73 Å². The number of halogens is 2. The molecule has 0 amide bonds. The third kappa shape index (κ3) is 2.73. The van der Waals surface area contributed by atoms with Crippen LogP contribution >= 0.6 is 0 Å². The fraction of sp³-hybridized carbons (Fsp3) is 0.455. The van der Waals surface area contributed by atoms with E-state index in [1.165, 1.54) is 12.1 Å². The molecule has 0 fully saturated rings. The minimum atomic E-state index is -0.850. The molecule has 0 aliphatic carbocycles. The smallest absolute Gasteiger partial charge is 0.159 e. The average Bonchev–Trinajstić information content (AvgIpc) is 2.10. The topological polar surface area (TPSA) is 38.0 Å². The number of rotatable bonds is 3. The van der Waals surface area contributed by atoms with Crippen molar-refractivity contribution in [2.24, 2.45) is 5.73 Å². The molecule has 3 N–H and O–H groups in total. The van der Waals surface area contributed by atoms with E-state index < -0.39 is 17.2 Å². The Balaban J connectivity index is 3.08. The van der Waals surface area contributed by atoms with Crippen LogP contribution in [0.4, 0.5) is 8.78 Å². The van der Waals surface area contributed by atoms with Gasteiger partial charge in [0.1, 0.15) is 0 Å². The normalized spacial score (nSPS) is 14.0. The van der Waals surface area contributed by atoms with E-state index in [0.29, 0.717) is 5.56 Å². The quantitative estimate of drug-likeness (QED) is 0.807. The monoisotopic (exact) mass is 214 g/mol. The zero-order valence-electron chi connectivity index (χ0n) is 9.14. The summed E-state index contributed by atoms with van der Waals surface area (Å²) >= 11 is 0. The zero-order valence-corrected chi connectivity index (χ0v) is 9.14. The Morgan fingerprint density at radius 2 is 1.87 bits per heavy atom. The van der Waals surface area contributed by atoms with Crippen molar-refractivity contribution in [2.75, 3.05) is 7.05 Å². The molecule has 1 rings (SSSR count). The molecule has 15 heavy (non-hydrogen) atoms. The second kappa shape index (κ2) is 4.24. The van der Waals surface area contributed by atoms with Crippen LogP contribution in [0.1, 0.15) is 25.5 Å². The lowest BCUT2D eigenvalue weighted by atomic mass is 9.90. The summed E-state index contributed by atoms with van der Waals surface area (Å²) in [6, 6.07) is 3.60. The van der Waals surface area contributed by atoms with Crippen molar-refractivity contribution in [3.63, 3.8) is 0 Å². The van der Waals surface area contributed by atoms with Gasteiger partial charge < -0.3 is 11.1 Å². The minimum Gasteiger partial charge on any atom is -0.324 e. The van der Waals surface area contributed by atoms with Crippen molar-refractivity contribution in [1.29, 1.82) is 0 Å². The van der Waals surface area contributed by atoms with Crippen LogP contribution in [0.2, 0.25) is 0 Å². The maximum absolute atomic E-state index is 13.0. The van der Waals surface area contributed by atoms with E-state index in [2.05, 4.69) is 5.32 Å². The maximum atomic E-state index is 13.0.